The summed E-state index contributed by atoms with van der Waals surface area (Å²) in [6.45, 7) is -0.218. The highest BCUT2D eigenvalue weighted by Gasteiger charge is 2.29. The molecular formula is C15H13Cl3N2O5. The van der Waals surface area contributed by atoms with E-state index in [9.17, 15) is 4.79 Å². The highest BCUT2D eigenvalue weighted by atomic mass is 35.6. The minimum atomic E-state index is -1.78. The van der Waals surface area contributed by atoms with Gasteiger partial charge in [-0.05, 0) is 23.8 Å². The topological polar surface area (TPSA) is 83.7 Å². The van der Waals surface area contributed by atoms with Crippen molar-refractivity contribution in [1.29, 1.82) is 0 Å². The quantitative estimate of drug-likeness (QED) is 0.534. The Bertz CT molecular complexity index is 771. The lowest BCUT2D eigenvalue weighted by Gasteiger charge is -2.10. The van der Waals surface area contributed by atoms with Crippen LogP contribution in [0, 0.1) is 0 Å². The first-order valence-corrected chi connectivity index (χ1v) is 7.93. The fraction of sp³-hybridized carbons (Fsp3) is 0.267. The SMILES string of the molecule is COC(=O)COc1ccc(C=Cc2nnc(C(Cl)(Cl)Cl)o2)cc1OC. The van der Waals surface area contributed by atoms with E-state index in [1.807, 2.05) is 0 Å². The van der Waals surface area contributed by atoms with E-state index in [0.29, 0.717) is 11.5 Å². The third-order valence-electron chi connectivity index (χ3n) is 2.86. The van der Waals surface area contributed by atoms with Crippen LogP contribution in [0.3, 0.4) is 0 Å². The van der Waals surface area contributed by atoms with Crippen molar-refractivity contribution in [2.75, 3.05) is 20.8 Å². The molecule has 0 aliphatic rings. The molecular weight excluding hydrogens is 395 g/mol. The zero-order chi connectivity index (χ0) is 18.4. The standard InChI is InChI=1S/C15H13Cl3N2O5/c1-22-11-7-9(3-5-10(11)24-8-13(21)23-2)4-6-12-19-20-14(25-12)15(16,17)18/h3-7H,8H2,1-2H3. The summed E-state index contributed by atoms with van der Waals surface area (Å²) >= 11 is 17.0. The summed E-state index contributed by atoms with van der Waals surface area (Å²) in [5.41, 5.74) is 0.760. The summed E-state index contributed by atoms with van der Waals surface area (Å²) in [6.07, 6.45) is 3.25. The second-order valence-corrected chi connectivity index (χ2v) is 6.83. The van der Waals surface area contributed by atoms with Crippen molar-refractivity contribution in [1.82, 2.24) is 10.2 Å². The third-order valence-corrected chi connectivity index (χ3v) is 3.35. The molecule has 7 nitrogen and oxygen atoms in total. The lowest BCUT2D eigenvalue weighted by Crippen LogP contribution is -2.12. The minimum Gasteiger partial charge on any atom is -0.493 e. The molecule has 0 fully saturated rings. The van der Waals surface area contributed by atoms with E-state index in [4.69, 9.17) is 48.7 Å². The van der Waals surface area contributed by atoms with Crippen LogP contribution in [0.15, 0.2) is 22.6 Å². The first-order chi connectivity index (χ1) is 11.8. The summed E-state index contributed by atoms with van der Waals surface area (Å²) in [4.78, 5) is 11.1. The zero-order valence-electron chi connectivity index (χ0n) is 13.2. The normalized spacial score (nSPS) is 11.6. The number of nitrogens with zero attached hydrogens (tertiary/aromatic N) is 2. The van der Waals surface area contributed by atoms with Gasteiger partial charge in [-0.1, -0.05) is 40.9 Å². The number of rotatable bonds is 6. The number of hydrogen-bond donors (Lipinski definition) is 0. The van der Waals surface area contributed by atoms with E-state index >= 15 is 0 Å². The Morgan fingerprint density at radius 1 is 1.20 bits per heavy atom. The second-order valence-electron chi connectivity index (χ2n) is 4.55. The molecule has 0 saturated heterocycles. The number of benzene rings is 1. The Kier molecular flexibility index (Phi) is 6.52. The van der Waals surface area contributed by atoms with Crippen LogP contribution < -0.4 is 9.47 Å². The van der Waals surface area contributed by atoms with Gasteiger partial charge < -0.3 is 18.6 Å². The van der Waals surface area contributed by atoms with Crippen molar-refractivity contribution in [2.24, 2.45) is 0 Å². The van der Waals surface area contributed by atoms with Crippen molar-refractivity contribution in [3.63, 3.8) is 0 Å². The molecule has 0 N–H and O–H groups in total. The van der Waals surface area contributed by atoms with Gasteiger partial charge in [-0.3, -0.25) is 0 Å². The number of methoxy groups -OCH3 is 2. The molecule has 0 bridgehead atoms. The average molecular weight is 408 g/mol. The molecule has 10 heteroatoms. The number of halogens is 3. The fourth-order valence-corrected chi connectivity index (χ4v) is 1.92. The van der Waals surface area contributed by atoms with Gasteiger partial charge in [0.1, 0.15) is 0 Å². The van der Waals surface area contributed by atoms with Gasteiger partial charge in [-0.15, -0.1) is 10.2 Å². The highest BCUT2D eigenvalue weighted by Crippen LogP contribution is 2.37. The molecule has 0 spiro atoms. The molecule has 0 unspecified atom stereocenters. The number of esters is 1. The molecule has 1 aromatic carbocycles. The monoisotopic (exact) mass is 406 g/mol. The maximum Gasteiger partial charge on any atom is 0.343 e. The number of ether oxygens (including phenoxy) is 3. The number of aromatic nitrogens is 2. The molecule has 1 aromatic heterocycles. The van der Waals surface area contributed by atoms with Gasteiger partial charge in [0.25, 0.3) is 9.68 Å². The van der Waals surface area contributed by atoms with Gasteiger partial charge in [0, 0.05) is 6.08 Å². The Hall–Kier alpha value is -1.96. The number of hydrogen-bond acceptors (Lipinski definition) is 7. The zero-order valence-corrected chi connectivity index (χ0v) is 15.4. The Balaban J connectivity index is 2.12. The maximum atomic E-state index is 11.1. The van der Waals surface area contributed by atoms with E-state index in [1.165, 1.54) is 14.2 Å². The van der Waals surface area contributed by atoms with E-state index in [2.05, 4.69) is 14.9 Å². The predicted molar refractivity (Wildman–Crippen MR) is 93.0 cm³/mol. The van der Waals surface area contributed by atoms with Crippen LogP contribution in [-0.2, 0) is 13.3 Å². The van der Waals surface area contributed by atoms with Crippen LogP contribution in [0.4, 0.5) is 0 Å². The van der Waals surface area contributed by atoms with Gasteiger partial charge in [-0.2, -0.15) is 0 Å². The second kappa shape index (κ2) is 8.42. The smallest absolute Gasteiger partial charge is 0.343 e. The fourth-order valence-electron chi connectivity index (χ4n) is 1.69. The third kappa shape index (κ3) is 5.52. The molecule has 0 atom stereocenters. The van der Waals surface area contributed by atoms with Gasteiger partial charge in [-0.25, -0.2) is 4.79 Å². The molecule has 134 valence electrons. The molecule has 1 heterocycles. The van der Waals surface area contributed by atoms with Crippen LogP contribution >= 0.6 is 34.8 Å². The van der Waals surface area contributed by atoms with Gasteiger partial charge >= 0.3 is 5.97 Å². The number of alkyl halides is 3. The minimum absolute atomic E-state index is 0.124. The molecule has 25 heavy (non-hydrogen) atoms. The molecule has 2 rings (SSSR count). The van der Waals surface area contributed by atoms with Crippen LogP contribution in [-0.4, -0.2) is 37.0 Å². The maximum absolute atomic E-state index is 11.1. The molecule has 0 amide bonds. The van der Waals surface area contributed by atoms with Gasteiger partial charge in [0.05, 0.1) is 14.2 Å². The van der Waals surface area contributed by atoms with Gasteiger partial charge in [0.2, 0.25) is 5.89 Å². The van der Waals surface area contributed by atoms with Crippen molar-refractivity contribution in [3.8, 4) is 11.5 Å². The summed E-state index contributed by atoms with van der Waals surface area (Å²) in [5, 5.41) is 7.40. The largest absolute Gasteiger partial charge is 0.493 e. The van der Waals surface area contributed by atoms with E-state index < -0.39 is 9.76 Å². The van der Waals surface area contributed by atoms with Crippen LogP contribution in [0.25, 0.3) is 12.2 Å². The Morgan fingerprint density at radius 3 is 2.56 bits per heavy atom. The van der Waals surface area contributed by atoms with Crippen molar-refractivity contribution in [3.05, 3.63) is 35.5 Å². The summed E-state index contributed by atoms with van der Waals surface area (Å²) < 4.78 is 18.5. The molecule has 2 aromatic rings. The van der Waals surface area contributed by atoms with Crippen molar-refractivity contribution in [2.45, 2.75) is 3.79 Å². The van der Waals surface area contributed by atoms with E-state index in [0.717, 1.165) is 5.56 Å². The number of carbonyl (C=O) groups excluding carboxylic acids is 1. The summed E-state index contributed by atoms with van der Waals surface area (Å²) in [7, 11) is 2.77. The predicted octanol–water partition coefficient (Wildman–Crippen LogP) is 3.63. The average Bonchev–Trinajstić information content (AvgIpc) is 3.07. The molecule has 0 radical (unpaired) electrons. The molecule has 0 saturated carbocycles. The van der Waals surface area contributed by atoms with E-state index in [-0.39, 0.29) is 18.4 Å². The van der Waals surface area contributed by atoms with Gasteiger partial charge in [0.15, 0.2) is 18.1 Å². The highest BCUT2D eigenvalue weighted by molar-refractivity contribution is 6.66. The Labute approximate surface area is 158 Å². The summed E-state index contributed by atoms with van der Waals surface area (Å²) in [6, 6.07) is 5.11. The molecule has 0 aliphatic carbocycles. The van der Waals surface area contributed by atoms with Crippen molar-refractivity contribution < 1.29 is 23.4 Å². The summed E-state index contributed by atoms with van der Waals surface area (Å²) in [5.74, 6) is 0.402. The molecule has 0 aliphatic heterocycles. The van der Waals surface area contributed by atoms with Crippen LogP contribution in [0.2, 0.25) is 0 Å². The first-order valence-electron chi connectivity index (χ1n) is 6.80. The van der Waals surface area contributed by atoms with Crippen molar-refractivity contribution >= 4 is 52.9 Å². The van der Waals surface area contributed by atoms with Crippen LogP contribution in [0.5, 0.6) is 11.5 Å². The van der Waals surface area contributed by atoms with Crippen LogP contribution in [0.1, 0.15) is 17.3 Å². The first kappa shape index (κ1) is 19.4. The number of carbonyl (C=O) groups is 1. The Morgan fingerprint density at radius 2 is 1.96 bits per heavy atom. The van der Waals surface area contributed by atoms with E-state index in [1.54, 1.807) is 30.4 Å². The lowest BCUT2D eigenvalue weighted by molar-refractivity contribution is -0.142. The lowest BCUT2D eigenvalue weighted by atomic mass is 10.2.